The average Bonchev–Trinajstić information content (AvgIpc) is 3.04. The van der Waals surface area contributed by atoms with Gasteiger partial charge in [0.25, 0.3) is 0 Å². The first kappa shape index (κ1) is 11.6. The molecule has 1 aromatic heterocycles. The summed E-state index contributed by atoms with van der Waals surface area (Å²) in [5.41, 5.74) is 5.43. The van der Waals surface area contributed by atoms with Gasteiger partial charge in [-0.25, -0.2) is 13.4 Å². The molecule has 1 saturated carbocycles. The van der Waals surface area contributed by atoms with Gasteiger partial charge in [-0.3, -0.25) is 0 Å². The monoisotopic (exact) mass is 261 g/mol. The van der Waals surface area contributed by atoms with Gasteiger partial charge < -0.3 is 5.73 Å². The zero-order valence-corrected chi connectivity index (χ0v) is 10.3. The number of hydrogen-bond acceptors (Lipinski definition) is 4. The molecule has 0 unspecified atom stereocenters. The van der Waals surface area contributed by atoms with Gasteiger partial charge in [-0.05, 0) is 18.9 Å². The lowest BCUT2D eigenvalue weighted by Gasteiger charge is -2.16. The zero-order valence-electron chi connectivity index (χ0n) is 8.72. The summed E-state index contributed by atoms with van der Waals surface area (Å²) >= 11 is 5.75. The molecule has 0 spiro atoms. The van der Waals surface area contributed by atoms with E-state index >= 15 is 0 Å². The summed E-state index contributed by atoms with van der Waals surface area (Å²) in [7, 11) is -1.92. The van der Waals surface area contributed by atoms with Crippen molar-refractivity contribution >= 4 is 27.4 Å². The number of sulfonamides is 1. The number of nitrogens with zero attached hydrogens (tertiary/aromatic N) is 2. The summed E-state index contributed by atoms with van der Waals surface area (Å²) in [5.74, 6) is 0.134. The fraction of sp³-hybridized carbons (Fsp3) is 0.444. The summed E-state index contributed by atoms with van der Waals surface area (Å²) in [6.07, 6.45) is 3.05. The highest BCUT2D eigenvalue weighted by Crippen LogP contribution is 2.31. The SMILES string of the molecule is CN(C1CC1)S(=O)(=O)c1cnc(N)c(Cl)c1. The van der Waals surface area contributed by atoms with Crippen molar-refractivity contribution in [1.29, 1.82) is 0 Å². The van der Waals surface area contributed by atoms with Crippen LogP contribution in [0.4, 0.5) is 5.82 Å². The Bertz CT molecular complexity index is 513. The third-order valence-corrected chi connectivity index (χ3v) is 4.76. The van der Waals surface area contributed by atoms with Crippen LogP contribution < -0.4 is 5.73 Å². The average molecular weight is 262 g/mol. The molecule has 1 aromatic rings. The van der Waals surface area contributed by atoms with E-state index in [0.29, 0.717) is 0 Å². The van der Waals surface area contributed by atoms with E-state index in [1.807, 2.05) is 0 Å². The van der Waals surface area contributed by atoms with Crippen molar-refractivity contribution < 1.29 is 8.42 Å². The van der Waals surface area contributed by atoms with Gasteiger partial charge in [0.2, 0.25) is 10.0 Å². The number of halogens is 1. The number of hydrogen-bond donors (Lipinski definition) is 1. The molecular formula is C9H12ClN3O2S. The van der Waals surface area contributed by atoms with E-state index < -0.39 is 10.0 Å². The van der Waals surface area contributed by atoms with E-state index in [9.17, 15) is 8.42 Å². The van der Waals surface area contributed by atoms with Gasteiger partial charge in [0.1, 0.15) is 10.7 Å². The van der Waals surface area contributed by atoms with Gasteiger partial charge in [0, 0.05) is 19.3 Å². The smallest absolute Gasteiger partial charge is 0.244 e. The summed E-state index contributed by atoms with van der Waals surface area (Å²) in [4.78, 5) is 3.83. The van der Waals surface area contributed by atoms with Crippen LogP contribution in [-0.4, -0.2) is 30.8 Å². The lowest BCUT2D eigenvalue weighted by atomic mass is 10.5. The van der Waals surface area contributed by atoms with Crippen molar-refractivity contribution in [3.05, 3.63) is 17.3 Å². The van der Waals surface area contributed by atoms with E-state index in [4.69, 9.17) is 17.3 Å². The normalized spacial score (nSPS) is 16.7. The zero-order chi connectivity index (χ0) is 11.9. The van der Waals surface area contributed by atoms with E-state index in [2.05, 4.69) is 4.98 Å². The minimum atomic E-state index is -3.48. The van der Waals surface area contributed by atoms with Gasteiger partial charge in [0.05, 0.1) is 5.02 Å². The standard InChI is InChI=1S/C9H12ClN3O2S/c1-13(6-2-3-6)16(14,15)7-4-8(10)9(11)12-5-7/h4-6H,2-3H2,1H3,(H2,11,12). The Morgan fingerprint density at radius 2 is 2.19 bits per heavy atom. The summed E-state index contributed by atoms with van der Waals surface area (Å²) in [6.45, 7) is 0. The van der Waals surface area contributed by atoms with Crippen LogP contribution in [0.3, 0.4) is 0 Å². The molecule has 5 nitrogen and oxygen atoms in total. The van der Waals surface area contributed by atoms with Gasteiger partial charge in [-0.1, -0.05) is 11.6 Å². The van der Waals surface area contributed by atoms with Gasteiger partial charge in [-0.2, -0.15) is 4.31 Å². The highest BCUT2D eigenvalue weighted by molar-refractivity contribution is 7.89. The van der Waals surface area contributed by atoms with E-state index in [1.54, 1.807) is 7.05 Å². The molecule has 0 saturated heterocycles. The summed E-state index contributed by atoms with van der Waals surface area (Å²) in [6, 6.07) is 1.44. The van der Waals surface area contributed by atoms with Crippen molar-refractivity contribution in [1.82, 2.24) is 9.29 Å². The first-order chi connectivity index (χ1) is 7.43. The Balaban J connectivity index is 2.38. The van der Waals surface area contributed by atoms with E-state index in [0.717, 1.165) is 12.8 Å². The number of nitrogen functional groups attached to an aromatic ring is 1. The molecule has 0 aliphatic heterocycles. The Labute approximate surface area is 99.3 Å². The molecule has 0 bridgehead atoms. The molecule has 88 valence electrons. The first-order valence-corrected chi connectivity index (χ1v) is 6.64. The van der Waals surface area contributed by atoms with Crippen LogP contribution >= 0.6 is 11.6 Å². The Hall–Kier alpha value is -0.850. The molecule has 16 heavy (non-hydrogen) atoms. The number of nitrogens with two attached hydrogens (primary N) is 1. The van der Waals surface area contributed by atoms with Gasteiger partial charge in [0.15, 0.2) is 0 Å². The molecule has 0 atom stereocenters. The highest BCUT2D eigenvalue weighted by Gasteiger charge is 2.35. The second-order valence-electron chi connectivity index (χ2n) is 3.79. The van der Waals surface area contributed by atoms with Crippen LogP contribution in [0.5, 0.6) is 0 Å². The molecule has 1 fully saturated rings. The molecule has 0 radical (unpaired) electrons. The fourth-order valence-electron chi connectivity index (χ4n) is 1.37. The van der Waals surface area contributed by atoms with Crippen LogP contribution in [0.25, 0.3) is 0 Å². The second-order valence-corrected chi connectivity index (χ2v) is 6.20. The van der Waals surface area contributed by atoms with Crippen LogP contribution in [0, 0.1) is 0 Å². The molecule has 1 aliphatic carbocycles. The molecule has 1 heterocycles. The van der Waals surface area contributed by atoms with Crippen molar-refractivity contribution in [2.75, 3.05) is 12.8 Å². The first-order valence-electron chi connectivity index (χ1n) is 4.82. The van der Waals surface area contributed by atoms with E-state index in [-0.39, 0.29) is 21.8 Å². The van der Waals surface area contributed by atoms with Crippen molar-refractivity contribution in [3.8, 4) is 0 Å². The molecule has 2 rings (SSSR count). The predicted molar refractivity (Wildman–Crippen MR) is 61.6 cm³/mol. The molecule has 0 aromatic carbocycles. The molecule has 2 N–H and O–H groups in total. The van der Waals surface area contributed by atoms with Crippen molar-refractivity contribution in [2.24, 2.45) is 0 Å². The maximum absolute atomic E-state index is 12.1. The lowest BCUT2D eigenvalue weighted by molar-refractivity contribution is 0.464. The van der Waals surface area contributed by atoms with E-state index in [1.165, 1.54) is 16.6 Å². The Kier molecular flexibility index (Phi) is 2.81. The predicted octanol–water partition coefficient (Wildman–Crippen LogP) is 1.10. The van der Waals surface area contributed by atoms with Crippen LogP contribution in [0.15, 0.2) is 17.2 Å². The second kappa shape index (κ2) is 3.87. The number of pyridine rings is 1. The molecule has 1 aliphatic rings. The third kappa shape index (κ3) is 2.00. The number of rotatable bonds is 3. The quantitative estimate of drug-likeness (QED) is 0.884. The fourth-order valence-corrected chi connectivity index (χ4v) is 2.99. The number of anilines is 1. The van der Waals surface area contributed by atoms with Crippen LogP contribution in [-0.2, 0) is 10.0 Å². The molecule has 7 heteroatoms. The minimum absolute atomic E-state index is 0.0844. The van der Waals surface area contributed by atoms with Crippen molar-refractivity contribution in [2.45, 2.75) is 23.8 Å². The largest absolute Gasteiger partial charge is 0.382 e. The lowest BCUT2D eigenvalue weighted by Crippen LogP contribution is -2.29. The highest BCUT2D eigenvalue weighted by atomic mass is 35.5. The molecular weight excluding hydrogens is 250 g/mol. The maximum Gasteiger partial charge on any atom is 0.244 e. The summed E-state index contributed by atoms with van der Waals surface area (Å²) < 4.78 is 25.5. The molecule has 0 amide bonds. The summed E-state index contributed by atoms with van der Waals surface area (Å²) in [5, 5.41) is 0.158. The van der Waals surface area contributed by atoms with Crippen molar-refractivity contribution in [3.63, 3.8) is 0 Å². The van der Waals surface area contributed by atoms with Crippen LogP contribution in [0.1, 0.15) is 12.8 Å². The van der Waals surface area contributed by atoms with Gasteiger partial charge in [-0.15, -0.1) is 0 Å². The topological polar surface area (TPSA) is 76.3 Å². The number of aromatic nitrogens is 1. The maximum atomic E-state index is 12.1. The Morgan fingerprint density at radius 3 is 2.69 bits per heavy atom. The van der Waals surface area contributed by atoms with Crippen LogP contribution in [0.2, 0.25) is 5.02 Å². The third-order valence-electron chi connectivity index (χ3n) is 2.58. The Morgan fingerprint density at radius 1 is 1.56 bits per heavy atom. The van der Waals surface area contributed by atoms with Gasteiger partial charge >= 0.3 is 0 Å². The minimum Gasteiger partial charge on any atom is -0.382 e.